The third kappa shape index (κ3) is 3.13. The van der Waals surface area contributed by atoms with Crippen molar-refractivity contribution in [2.75, 3.05) is 38.5 Å². The smallest absolute Gasteiger partial charge is 0.243 e. The Morgan fingerprint density at radius 3 is 2.40 bits per heavy atom. The van der Waals surface area contributed by atoms with E-state index in [1.807, 2.05) is 6.92 Å². The van der Waals surface area contributed by atoms with Gasteiger partial charge in [0, 0.05) is 31.9 Å². The van der Waals surface area contributed by atoms with E-state index in [9.17, 15) is 8.42 Å². The highest BCUT2D eigenvalue weighted by Crippen LogP contribution is 2.21. The molecule has 0 unspecified atom stereocenters. The number of aryl methyl sites for hydroxylation is 1. The van der Waals surface area contributed by atoms with Gasteiger partial charge in [-0.3, -0.25) is 0 Å². The summed E-state index contributed by atoms with van der Waals surface area (Å²) < 4.78 is 26.7. The van der Waals surface area contributed by atoms with Gasteiger partial charge in [0.15, 0.2) is 0 Å². The molecular formula is C14H23N3O2S. The fraction of sp³-hybridized carbons (Fsp3) is 0.571. The highest BCUT2D eigenvalue weighted by molar-refractivity contribution is 7.89. The number of hydrogen-bond acceptors (Lipinski definition) is 4. The fourth-order valence-corrected chi connectivity index (χ4v) is 3.98. The minimum Gasteiger partial charge on any atom is -0.399 e. The molecule has 1 heterocycles. The highest BCUT2D eigenvalue weighted by Gasteiger charge is 2.28. The summed E-state index contributed by atoms with van der Waals surface area (Å²) in [6.45, 7) is 7.74. The summed E-state index contributed by atoms with van der Waals surface area (Å²) in [5.41, 5.74) is 7.17. The van der Waals surface area contributed by atoms with Crippen molar-refractivity contribution in [2.24, 2.45) is 0 Å². The molecule has 1 fully saturated rings. The van der Waals surface area contributed by atoms with Crippen LogP contribution in [0, 0.1) is 6.92 Å². The minimum absolute atomic E-state index is 0.341. The van der Waals surface area contributed by atoms with Gasteiger partial charge in [-0.25, -0.2) is 8.42 Å². The first kappa shape index (κ1) is 15.3. The average molecular weight is 297 g/mol. The van der Waals surface area contributed by atoms with Crippen LogP contribution in [0.4, 0.5) is 5.69 Å². The van der Waals surface area contributed by atoms with Crippen molar-refractivity contribution >= 4 is 15.7 Å². The molecule has 20 heavy (non-hydrogen) atoms. The van der Waals surface area contributed by atoms with Crippen LogP contribution in [0.5, 0.6) is 0 Å². The van der Waals surface area contributed by atoms with Gasteiger partial charge < -0.3 is 10.6 Å². The molecule has 2 N–H and O–H groups in total. The second-order valence-corrected chi connectivity index (χ2v) is 7.20. The molecule has 0 radical (unpaired) electrons. The molecule has 0 bridgehead atoms. The number of hydrogen-bond donors (Lipinski definition) is 1. The first-order chi connectivity index (χ1) is 9.45. The van der Waals surface area contributed by atoms with Crippen molar-refractivity contribution in [2.45, 2.75) is 25.2 Å². The molecule has 6 heteroatoms. The van der Waals surface area contributed by atoms with E-state index in [1.165, 1.54) is 0 Å². The average Bonchev–Trinajstić information content (AvgIpc) is 2.43. The van der Waals surface area contributed by atoms with Gasteiger partial charge in [-0.15, -0.1) is 0 Å². The maximum absolute atomic E-state index is 12.6. The van der Waals surface area contributed by atoms with Gasteiger partial charge in [0.25, 0.3) is 0 Å². The Morgan fingerprint density at radius 2 is 1.85 bits per heavy atom. The Kier molecular flexibility index (Phi) is 4.67. The van der Waals surface area contributed by atoms with Gasteiger partial charge in [0.2, 0.25) is 10.0 Å². The number of benzene rings is 1. The predicted molar refractivity (Wildman–Crippen MR) is 81.1 cm³/mol. The van der Waals surface area contributed by atoms with Crippen LogP contribution in [0.2, 0.25) is 0 Å². The quantitative estimate of drug-likeness (QED) is 0.851. The Balaban J connectivity index is 2.13. The van der Waals surface area contributed by atoms with E-state index in [0.717, 1.165) is 31.6 Å². The van der Waals surface area contributed by atoms with Crippen LogP contribution in [-0.4, -0.2) is 50.3 Å². The molecule has 112 valence electrons. The molecule has 0 saturated carbocycles. The second kappa shape index (κ2) is 6.11. The number of nitrogens with zero attached hydrogens (tertiary/aromatic N) is 2. The third-order valence-electron chi connectivity index (χ3n) is 3.75. The summed E-state index contributed by atoms with van der Waals surface area (Å²) in [7, 11) is -3.39. The molecule has 5 nitrogen and oxygen atoms in total. The lowest BCUT2D eigenvalue weighted by Gasteiger charge is -2.33. The lowest BCUT2D eigenvalue weighted by Crippen LogP contribution is -2.48. The van der Waals surface area contributed by atoms with E-state index in [-0.39, 0.29) is 0 Å². The van der Waals surface area contributed by atoms with E-state index in [1.54, 1.807) is 22.5 Å². The lowest BCUT2D eigenvalue weighted by atomic mass is 10.2. The van der Waals surface area contributed by atoms with Crippen molar-refractivity contribution in [3.05, 3.63) is 23.8 Å². The molecule has 0 spiro atoms. The van der Waals surface area contributed by atoms with Crippen LogP contribution < -0.4 is 5.73 Å². The first-order valence-corrected chi connectivity index (χ1v) is 8.48. The van der Waals surface area contributed by atoms with Gasteiger partial charge in [0.1, 0.15) is 0 Å². The van der Waals surface area contributed by atoms with Crippen molar-refractivity contribution in [1.82, 2.24) is 9.21 Å². The number of nitrogens with two attached hydrogens (primary N) is 1. The number of piperazine rings is 1. The SMILES string of the molecule is CCCN1CCN(S(=O)(=O)c2ccc(N)c(C)c2)CC1. The van der Waals surface area contributed by atoms with Crippen LogP contribution in [-0.2, 0) is 10.0 Å². The molecule has 1 saturated heterocycles. The maximum atomic E-state index is 12.6. The van der Waals surface area contributed by atoms with Crippen LogP contribution in [0.25, 0.3) is 0 Å². The Bertz CT molecular complexity index is 564. The molecule has 0 aromatic heterocycles. The number of rotatable bonds is 4. The maximum Gasteiger partial charge on any atom is 0.243 e. The van der Waals surface area contributed by atoms with Gasteiger partial charge in [-0.05, 0) is 43.7 Å². The standard InChI is InChI=1S/C14H23N3O2S/c1-3-6-16-7-9-17(10-8-16)20(18,19)13-4-5-14(15)12(2)11-13/h4-5,11H,3,6-10,15H2,1-2H3. The molecule has 0 amide bonds. The minimum atomic E-state index is -3.39. The fourth-order valence-electron chi connectivity index (χ4n) is 2.47. The van der Waals surface area contributed by atoms with Crippen molar-refractivity contribution in [3.8, 4) is 0 Å². The van der Waals surface area contributed by atoms with Gasteiger partial charge in [-0.2, -0.15) is 4.31 Å². The predicted octanol–water partition coefficient (Wildman–Crippen LogP) is 1.29. The molecular weight excluding hydrogens is 274 g/mol. The summed E-state index contributed by atoms with van der Waals surface area (Å²) in [5.74, 6) is 0. The van der Waals surface area contributed by atoms with Crippen molar-refractivity contribution in [3.63, 3.8) is 0 Å². The summed E-state index contributed by atoms with van der Waals surface area (Å²) in [5, 5.41) is 0. The van der Waals surface area contributed by atoms with Crippen molar-refractivity contribution < 1.29 is 8.42 Å². The lowest BCUT2D eigenvalue weighted by molar-refractivity contribution is 0.188. The zero-order chi connectivity index (χ0) is 14.8. The normalized spacial score (nSPS) is 18.3. The van der Waals surface area contributed by atoms with Gasteiger partial charge in [-0.1, -0.05) is 6.92 Å². The van der Waals surface area contributed by atoms with E-state index >= 15 is 0 Å². The largest absolute Gasteiger partial charge is 0.399 e. The molecule has 1 aromatic rings. The summed E-state index contributed by atoms with van der Waals surface area (Å²) in [4.78, 5) is 2.65. The highest BCUT2D eigenvalue weighted by atomic mass is 32.2. The molecule has 2 rings (SSSR count). The van der Waals surface area contributed by atoms with Gasteiger partial charge in [0.05, 0.1) is 4.90 Å². The number of anilines is 1. The zero-order valence-corrected chi connectivity index (χ0v) is 13.0. The van der Waals surface area contributed by atoms with E-state index < -0.39 is 10.0 Å². The third-order valence-corrected chi connectivity index (χ3v) is 5.64. The zero-order valence-electron chi connectivity index (χ0n) is 12.2. The van der Waals surface area contributed by atoms with Gasteiger partial charge >= 0.3 is 0 Å². The molecule has 0 atom stereocenters. The molecule has 1 aromatic carbocycles. The van der Waals surface area contributed by atoms with Crippen molar-refractivity contribution in [1.29, 1.82) is 0 Å². The molecule has 0 aliphatic carbocycles. The van der Waals surface area contributed by atoms with E-state index in [2.05, 4.69) is 11.8 Å². The monoisotopic (exact) mass is 297 g/mol. The second-order valence-electron chi connectivity index (χ2n) is 5.26. The molecule has 1 aliphatic heterocycles. The van der Waals surface area contributed by atoms with E-state index in [4.69, 9.17) is 5.73 Å². The Hall–Kier alpha value is -1.11. The summed E-state index contributed by atoms with van der Waals surface area (Å²) in [6.07, 6.45) is 1.10. The first-order valence-electron chi connectivity index (χ1n) is 7.03. The molecule has 1 aliphatic rings. The van der Waals surface area contributed by atoms with Crippen LogP contribution in [0.1, 0.15) is 18.9 Å². The number of nitrogen functional groups attached to an aromatic ring is 1. The van der Waals surface area contributed by atoms with E-state index in [0.29, 0.717) is 23.7 Å². The van der Waals surface area contributed by atoms with Crippen LogP contribution in [0.15, 0.2) is 23.1 Å². The summed E-state index contributed by atoms with van der Waals surface area (Å²) in [6, 6.07) is 4.91. The van der Waals surface area contributed by atoms with Crippen LogP contribution >= 0.6 is 0 Å². The van der Waals surface area contributed by atoms with Crippen LogP contribution in [0.3, 0.4) is 0 Å². The summed E-state index contributed by atoms with van der Waals surface area (Å²) >= 11 is 0. The Labute approximate surface area is 121 Å². The topological polar surface area (TPSA) is 66.6 Å². The number of sulfonamides is 1. The Morgan fingerprint density at radius 1 is 1.20 bits per heavy atom.